The van der Waals surface area contributed by atoms with Gasteiger partial charge in [-0.1, -0.05) is 30.3 Å². The van der Waals surface area contributed by atoms with Gasteiger partial charge in [-0.3, -0.25) is 14.4 Å². The number of carbonyl (C=O) groups excluding carboxylic acids is 2. The fourth-order valence-corrected chi connectivity index (χ4v) is 4.19. The smallest absolute Gasteiger partial charge is 0.294 e. The summed E-state index contributed by atoms with van der Waals surface area (Å²) >= 11 is 0. The lowest BCUT2D eigenvalue weighted by Crippen LogP contribution is -2.34. The summed E-state index contributed by atoms with van der Waals surface area (Å²) in [4.78, 5) is 46.8. The van der Waals surface area contributed by atoms with E-state index in [1.54, 1.807) is 47.4 Å². The van der Waals surface area contributed by atoms with Crippen molar-refractivity contribution in [2.24, 2.45) is 0 Å². The number of para-hydroxylation sites is 1. The van der Waals surface area contributed by atoms with E-state index in [1.807, 2.05) is 6.07 Å². The Bertz CT molecular complexity index is 1290. The summed E-state index contributed by atoms with van der Waals surface area (Å²) in [6, 6.07) is 13.5. The second kappa shape index (κ2) is 10.3. The zero-order chi connectivity index (χ0) is 24.9. The predicted octanol–water partition coefficient (Wildman–Crippen LogP) is 2.40. The van der Waals surface area contributed by atoms with Crippen LogP contribution in [0.4, 0.5) is 0 Å². The van der Waals surface area contributed by atoms with E-state index in [0.717, 1.165) is 0 Å². The number of aromatic nitrogens is 2. The molecule has 2 heterocycles. The molecule has 0 saturated carbocycles. The lowest BCUT2D eigenvalue weighted by Gasteiger charge is -2.24. The number of hydrogen-bond acceptors (Lipinski definition) is 7. The van der Waals surface area contributed by atoms with Gasteiger partial charge in [0, 0.05) is 24.2 Å². The Hall–Kier alpha value is -4.34. The van der Waals surface area contributed by atoms with Gasteiger partial charge in [0.1, 0.15) is 5.82 Å². The molecule has 0 bridgehead atoms. The highest BCUT2D eigenvalue weighted by molar-refractivity contribution is 5.95. The molecule has 0 radical (unpaired) electrons. The Balaban J connectivity index is 1.58. The zero-order valence-corrected chi connectivity index (χ0v) is 19.4. The maximum absolute atomic E-state index is 13.0. The van der Waals surface area contributed by atoms with E-state index in [4.69, 9.17) is 9.47 Å². The van der Waals surface area contributed by atoms with Crippen LogP contribution in [0.5, 0.6) is 17.2 Å². The first kappa shape index (κ1) is 23.8. The number of H-pyrrole nitrogens is 1. The molecule has 1 aliphatic rings. The van der Waals surface area contributed by atoms with Gasteiger partial charge in [-0.05, 0) is 31.0 Å². The van der Waals surface area contributed by atoms with Crippen LogP contribution in [0.1, 0.15) is 51.1 Å². The second-order valence-corrected chi connectivity index (χ2v) is 8.01. The Morgan fingerprint density at radius 3 is 2.63 bits per heavy atom. The van der Waals surface area contributed by atoms with Crippen molar-refractivity contribution in [2.45, 2.75) is 25.4 Å². The molecule has 2 amide bonds. The second-order valence-electron chi connectivity index (χ2n) is 8.01. The van der Waals surface area contributed by atoms with Crippen LogP contribution in [-0.2, 0) is 6.54 Å². The first-order valence-electron chi connectivity index (χ1n) is 11.1. The molecule has 1 fully saturated rings. The molecule has 1 aliphatic heterocycles. The van der Waals surface area contributed by atoms with Gasteiger partial charge in [0.25, 0.3) is 17.4 Å². The largest absolute Gasteiger partial charge is 0.501 e. The number of nitrogens with zero attached hydrogens (tertiary/aromatic N) is 2. The van der Waals surface area contributed by atoms with Crippen LogP contribution in [0.15, 0.2) is 53.3 Å². The first-order chi connectivity index (χ1) is 16.9. The average molecular weight is 479 g/mol. The van der Waals surface area contributed by atoms with Crippen molar-refractivity contribution in [3.8, 4) is 17.2 Å². The van der Waals surface area contributed by atoms with Gasteiger partial charge in [0.05, 0.1) is 20.3 Å². The third-order valence-corrected chi connectivity index (χ3v) is 5.90. The average Bonchev–Trinajstić information content (AvgIpc) is 3.38. The number of ether oxygens (including phenoxy) is 2. The van der Waals surface area contributed by atoms with Gasteiger partial charge in [-0.25, -0.2) is 4.98 Å². The number of methoxy groups -OCH3 is 2. The quantitative estimate of drug-likeness (QED) is 0.475. The molecule has 10 heteroatoms. The zero-order valence-electron chi connectivity index (χ0n) is 19.4. The third-order valence-electron chi connectivity index (χ3n) is 5.90. The number of hydrogen-bond donors (Lipinski definition) is 3. The predicted molar refractivity (Wildman–Crippen MR) is 127 cm³/mol. The fourth-order valence-electron chi connectivity index (χ4n) is 4.19. The van der Waals surface area contributed by atoms with Crippen molar-refractivity contribution in [1.82, 2.24) is 20.2 Å². The summed E-state index contributed by atoms with van der Waals surface area (Å²) in [6.45, 7) is 0.532. The molecular weight excluding hydrogens is 452 g/mol. The lowest BCUT2D eigenvalue weighted by atomic mass is 10.1. The van der Waals surface area contributed by atoms with Crippen molar-refractivity contribution < 1.29 is 24.2 Å². The highest BCUT2D eigenvalue weighted by Crippen LogP contribution is 2.32. The summed E-state index contributed by atoms with van der Waals surface area (Å²) in [5, 5.41) is 12.9. The minimum absolute atomic E-state index is 0.0461. The van der Waals surface area contributed by atoms with Crippen molar-refractivity contribution in [3.05, 3.63) is 81.5 Å². The van der Waals surface area contributed by atoms with Crippen LogP contribution >= 0.6 is 0 Å². The maximum atomic E-state index is 13.0. The standard InChI is InChI=1S/C25H26N4O6/c1-34-18-12-6-10-16(21(18)35-2)14-26-23(31)19-20(30)24(32)28-22(27-19)17-11-7-13-29(17)25(33)15-8-4-3-5-9-15/h3-6,8-10,12,17,30H,7,11,13-14H2,1-2H3,(H,26,31)(H,27,28,32). The van der Waals surface area contributed by atoms with Crippen molar-refractivity contribution in [3.63, 3.8) is 0 Å². The molecule has 0 spiro atoms. The van der Waals surface area contributed by atoms with E-state index < -0.39 is 29.0 Å². The van der Waals surface area contributed by atoms with Crippen LogP contribution in [0.3, 0.4) is 0 Å². The highest BCUT2D eigenvalue weighted by atomic mass is 16.5. The fraction of sp³-hybridized carbons (Fsp3) is 0.280. The van der Waals surface area contributed by atoms with Crippen molar-refractivity contribution in [1.29, 1.82) is 0 Å². The molecule has 4 rings (SSSR count). The number of aromatic amines is 1. The minimum atomic E-state index is -0.849. The molecular formula is C25H26N4O6. The molecule has 1 unspecified atom stereocenters. The van der Waals surface area contributed by atoms with Gasteiger partial charge in [-0.2, -0.15) is 0 Å². The van der Waals surface area contributed by atoms with Gasteiger partial charge >= 0.3 is 0 Å². The normalized spacial score (nSPS) is 15.0. The number of nitrogens with one attached hydrogen (secondary N) is 2. The highest BCUT2D eigenvalue weighted by Gasteiger charge is 2.33. The van der Waals surface area contributed by atoms with Gasteiger partial charge in [0.2, 0.25) is 5.75 Å². The van der Waals surface area contributed by atoms with Crippen LogP contribution in [0, 0.1) is 0 Å². The number of likely N-dealkylation sites (tertiary alicyclic amines) is 1. The number of rotatable bonds is 7. The molecule has 1 saturated heterocycles. The van der Waals surface area contributed by atoms with E-state index in [0.29, 0.717) is 42.0 Å². The molecule has 3 N–H and O–H groups in total. The number of amides is 2. The molecule has 0 aliphatic carbocycles. The number of carbonyl (C=O) groups is 2. The summed E-state index contributed by atoms with van der Waals surface area (Å²) in [5.74, 6) is -0.608. The SMILES string of the molecule is COc1cccc(CNC(=O)c2nc(C3CCCN3C(=O)c3ccccc3)[nH]c(=O)c2O)c1OC. The van der Waals surface area contributed by atoms with Crippen LogP contribution in [0.2, 0.25) is 0 Å². The molecule has 1 atom stereocenters. The minimum Gasteiger partial charge on any atom is -0.501 e. The monoisotopic (exact) mass is 478 g/mol. The summed E-state index contributed by atoms with van der Waals surface area (Å²) in [6.07, 6.45) is 1.28. The molecule has 182 valence electrons. The first-order valence-corrected chi connectivity index (χ1v) is 11.1. The number of benzene rings is 2. The molecule has 10 nitrogen and oxygen atoms in total. The van der Waals surface area contributed by atoms with Crippen LogP contribution < -0.4 is 20.3 Å². The summed E-state index contributed by atoms with van der Waals surface area (Å²) < 4.78 is 10.6. The van der Waals surface area contributed by atoms with Crippen molar-refractivity contribution >= 4 is 11.8 Å². The lowest BCUT2D eigenvalue weighted by molar-refractivity contribution is 0.0729. The molecule has 1 aromatic heterocycles. The van der Waals surface area contributed by atoms with E-state index in [2.05, 4.69) is 15.3 Å². The molecule has 3 aromatic rings. The van der Waals surface area contributed by atoms with Gasteiger partial charge in [-0.15, -0.1) is 0 Å². The van der Waals surface area contributed by atoms with Crippen molar-refractivity contribution in [2.75, 3.05) is 20.8 Å². The molecule has 2 aromatic carbocycles. The Labute approximate surface area is 201 Å². The van der Waals surface area contributed by atoms with E-state index >= 15 is 0 Å². The Kier molecular flexibility index (Phi) is 7.00. The third kappa shape index (κ3) is 4.81. The van der Waals surface area contributed by atoms with E-state index in [1.165, 1.54) is 14.2 Å². The van der Waals surface area contributed by atoms with Gasteiger partial charge < -0.3 is 29.8 Å². The number of aromatic hydroxyl groups is 1. The van der Waals surface area contributed by atoms with Crippen LogP contribution in [-0.4, -0.2) is 52.6 Å². The Morgan fingerprint density at radius 2 is 1.91 bits per heavy atom. The van der Waals surface area contributed by atoms with E-state index in [-0.39, 0.29) is 18.3 Å². The van der Waals surface area contributed by atoms with Gasteiger partial charge in [0.15, 0.2) is 17.2 Å². The summed E-state index contributed by atoms with van der Waals surface area (Å²) in [7, 11) is 3.00. The summed E-state index contributed by atoms with van der Waals surface area (Å²) in [5.41, 5.74) is -0.103. The maximum Gasteiger partial charge on any atom is 0.294 e. The molecule has 35 heavy (non-hydrogen) atoms. The van der Waals surface area contributed by atoms with E-state index in [9.17, 15) is 19.5 Å². The topological polar surface area (TPSA) is 134 Å². The van der Waals surface area contributed by atoms with Crippen LogP contribution in [0.25, 0.3) is 0 Å². The Morgan fingerprint density at radius 1 is 1.14 bits per heavy atom.